The fourth-order valence-electron chi connectivity index (χ4n) is 2.09. The third kappa shape index (κ3) is 3.25. The Kier molecular flexibility index (Phi) is 3.95. The standard InChI is InChI=1S/C14H20BrN3/c1-10(2)18-13(16)17-9-14(6-7-14)11-4-3-5-12(15)8-11/h3-5,8,10H,6-7,9H2,1-2H3,(H3,16,17,18). The summed E-state index contributed by atoms with van der Waals surface area (Å²) in [6.45, 7) is 4.89. The van der Waals surface area contributed by atoms with Gasteiger partial charge in [-0.15, -0.1) is 0 Å². The predicted octanol–water partition coefficient (Wildman–Crippen LogP) is 2.79. The van der Waals surface area contributed by atoms with Crippen LogP contribution in [0.2, 0.25) is 0 Å². The maximum atomic E-state index is 5.85. The van der Waals surface area contributed by atoms with Gasteiger partial charge in [0, 0.05) is 15.9 Å². The number of halogens is 1. The maximum absolute atomic E-state index is 5.85. The van der Waals surface area contributed by atoms with Crippen molar-refractivity contribution < 1.29 is 0 Å². The van der Waals surface area contributed by atoms with Gasteiger partial charge in [-0.2, -0.15) is 0 Å². The molecule has 0 amide bonds. The summed E-state index contributed by atoms with van der Waals surface area (Å²) >= 11 is 3.52. The van der Waals surface area contributed by atoms with Crippen LogP contribution in [0.5, 0.6) is 0 Å². The highest BCUT2D eigenvalue weighted by Gasteiger charge is 2.44. The Morgan fingerprint density at radius 2 is 2.22 bits per heavy atom. The van der Waals surface area contributed by atoms with E-state index in [4.69, 9.17) is 5.73 Å². The van der Waals surface area contributed by atoms with Gasteiger partial charge in [0.2, 0.25) is 0 Å². The highest BCUT2D eigenvalue weighted by Crippen LogP contribution is 2.48. The van der Waals surface area contributed by atoms with Crippen molar-refractivity contribution in [3.63, 3.8) is 0 Å². The zero-order chi connectivity index (χ0) is 13.2. The lowest BCUT2D eigenvalue weighted by atomic mass is 9.96. The second kappa shape index (κ2) is 5.31. The summed E-state index contributed by atoms with van der Waals surface area (Å²) in [6.07, 6.45) is 2.39. The van der Waals surface area contributed by atoms with Gasteiger partial charge in [-0.1, -0.05) is 28.1 Å². The van der Waals surface area contributed by atoms with Gasteiger partial charge in [0.05, 0.1) is 6.54 Å². The molecule has 98 valence electrons. The summed E-state index contributed by atoms with van der Waals surface area (Å²) in [6, 6.07) is 8.83. The van der Waals surface area contributed by atoms with Crippen molar-refractivity contribution in [1.82, 2.24) is 5.32 Å². The van der Waals surface area contributed by atoms with E-state index in [-0.39, 0.29) is 5.41 Å². The summed E-state index contributed by atoms with van der Waals surface area (Å²) < 4.78 is 1.13. The van der Waals surface area contributed by atoms with Gasteiger partial charge >= 0.3 is 0 Å². The van der Waals surface area contributed by atoms with Gasteiger partial charge in [0.1, 0.15) is 0 Å². The highest BCUT2D eigenvalue weighted by atomic mass is 79.9. The van der Waals surface area contributed by atoms with E-state index >= 15 is 0 Å². The summed E-state index contributed by atoms with van der Waals surface area (Å²) in [4.78, 5) is 4.47. The summed E-state index contributed by atoms with van der Waals surface area (Å²) in [7, 11) is 0. The number of guanidine groups is 1. The lowest BCUT2D eigenvalue weighted by Crippen LogP contribution is -2.37. The van der Waals surface area contributed by atoms with E-state index in [9.17, 15) is 0 Å². The third-order valence-corrected chi connectivity index (χ3v) is 3.77. The van der Waals surface area contributed by atoms with Crippen molar-refractivity contribution >= 4 is 21.9 Å². The minimum atomic E-state index is 0.215. The summed E-state index contributed by atoms with van der Waals surface area (Å²) in [5.41, 5.74) is 7.42. The molecule has 18 heavy (non-hydrogen) atoms. The van der Waals surface area contributed by atoms with E-state index < -0.39 is 0 Å². The van der Waals surface area contributed by atoms with Crippen molar-refractivity contribution in [3.05, 3.63) is 34.3 Å². The van der Waals surface area contributed by atoms with Crippen LogP contribution in [0.15, 0.2) is 33.7 Å². The average molecular weight is 310 g/mol. The van der Waals surface area contributed by atoms with Gasteiger partial charge in [0.25, 0.3) is 0 Å². The van der Waals surface area contributed by atoms with Crippen molar-refractivity contribution in [2.45, 2.75) is 38.1 Å². The molecule has 1 saturated carbocycles. The molecule has 1 aromatic rings. The number of aliphatic imine (C=N–C) groups is 1. The zero-order valence-electron chi connectivity index (χ0n) is 10.9. The second-order valence-electron chi connectivity index (χ2n) is 5.29. The molecule has 4 heteroatoms. The van der Waals surface area contributed by atoms with Crippen molar-refractivity contribution in [2.24, 2.45) is 10.7 Å². The smallest absolute Gasteiger partial charge is 0.188 e. The summed E-state index contributed by atoms with van der Waals surface area (Å²) in [5, 5.41) is 3.12. The number of hydrogen-bond acceptors (Lipinski definition) is 1. The van der Waals surface area contributed by atoms with Crippen molar-refractivity contribution in [2.75, 3.05) is 6.54 Å². The number of hydrogen-bond donors (Lipinski definition) is 2. The Balaban J connectivity index is 2.05. The average Bonchev–Trinajstić information content (AvgIpc) is 3.06. The van der Waals surface area contributed by atoms with Gasteiger partial charge < -0.3 is 11.1 Å². The van der Waals surface area contributed by atoms with Gasteiger partial charge in [-0.05, 0) is 44.4 Å². The van der Waals surface area contributed by atoms with Crippen LogP contribution >= 0.6 is 15.9 Å². The molecule has 3 nitrogen and oxygen atoms in total. The first-order chi connectivity index (χ1) is 8.52. The molecule has 1 aliphatic carbocycles. The van der Waals surface area contributed by atoms with Crippen LogP contribution < -0.4 is 11.1 Å². The van der Waals surface area contributed by atoms with E-state index in [0.29, 0.717) is 12.0 Å². The van der Waals surface area contributed by atoms with Crippen LogP contribution in [0.25, 0.3) is 0 Å². The Bertz CT molecular complexity index is 450. The monoisotopic (exact) mass is 309 g/mol. The first-order valence-corrected chi connectivity index (χ1v) is 7.14. The number of rotatable bonds is 4. The third-order valence-electron chi connectivity index (χ3n) is 3.28. The largest absolute Gasteiger partial charge is 0.370 e. The van der Waals surface area contributed by atoms with Crippen LogP contribution in [-0.4, -0.2) is 18.5 Å². The van der Waals surface area contributed by atoms with E-state index in [1.807, 2.05) is 0 Å². The minimum Gasteiger partial charge on any atom is -0.370 e. The van der Waals surface area contributed by atoms with Gasteiger partial charge in [-0.25, -0.2) is 0 Å². The fourth-order valence-corrected chi connectivity index (χ4v) is 2.48. The Morgan fingerprint density at radius 3 is 2.78 bits per heavy atom. The molecule has 0 aliphatic heterocycles. The molecule has 0 radical (unpaired) electrons. The number of nitrogens with zero attached hydrogens (tertiary/aromatic N) is 1. The SMILES string of the molecule is CC(C)NC(N)=NCC1(c2cccc(Br)c2)CC1. The molecule has 0 saturated heterocycles. The Morgan fingerprint density at radius 1 is 1.50 bits per heavy atom. The predicted molar refractivity (Wildman–Crippen MR) is 79.8 cm³/mol. The highest BCUT2D eigenvalue weighted by molar-refractivity contribution is 9.10. The topological polar surface area (TPSA) is 50.4 Å². The summed E-state index contributed by atoms with van der Waals surface area (Å²) in [5.74, 6) is 0.547. The van der Waals surface area contributed by atoms with Crippen LogP contribution in [0.3, 0.4) is 0 Å². The molecule has 1 aliphatic rings. The normalized spacial score (nSPS) is 17.9. The van der Waals surface area contributed by atoms with Crippen LogP contribution in [0.4, 0.5) is 0 Å². The second-order valence-corrected chi connectivity index (χ2v) is 6.21. The molecule has 0 bridgehead atoms. The van der Waals surface area contributed by atoms with E-state index in [0.717, 1.165) is 11.0 Å². The molecule has 0 atom stereocenters. The quantitative estimate of drug-likeness (QED) is 0.664. The Hall–Kier alpha value is -1.03. The fraction of sp³-hybridized carbons (Fsp3) is 0.500. The first-order valence-electron chi connectivity index (χ1n) is 6.34. The van der Waals surface area contributed by atoms with Gasteiger partial charge in [0.15, 0.2) is 5.96 Å². The zero-order valence-corrected chi connectivity index (χ0v) is 12.5. The van der Waals surface area contributed by atoms with Gasteiger partial charge in [-0.3, -0.25) is 4.99 Å². The molecule has 0 heterocycles. The van der Waals surface area contributed by atoms with E-state index in [1.165, 1.54) is 18.4 Å². The lowest BCUT2D eigenvalue weighted by Gasteiger charge is -2.15. The van der Waals surface area contributed by atoms with Crippen molar-refractivity contribution in [3.8, 4) is 0 Å². The number of benzene rings is 1. The van der Waals surface area contributed by atoms with Crippen LogP contribution in [0, 0.1) is 0 Å². The molecule has 0 spiro atoms. The Labute approximate surface area is 117 Å². The van der Waals surface area contributed by atoms with Crippen LogP contribution in [-0.2, 0) is 5.41 Å². The number of nitrogens with two attached hydrogens (primary N) is 1. The molecule has 0 aromatic heterocycles. The molecule has 3 N–H and O–H groups in total. The molecule has 0 unspecified atom stereocenters. The first kappa shape index (κ1) is 13.4. The number of nitrogens with one attached hydrogen (secondary N) is 1. The minimum absolute atomic E-state index is 0.215. The lowest BCUT2D eigenvalue weighted by molar-refractivity contribution is 0.684. The van der Waals surface area contributed by atoms with Crippen LogP contribution in [0.1, 0.15) is 32.3 Å². The molecular formula is C14H20BrN3. The van der Waals surface area contributed by atoms with Crippen molar-refractivity contribution in [1.29, 1.82) is 0 Å². The molecule has 2 rings (SSSR count). The van der Waals surface area contributed by atoms with E-state index in [2.05, 4.69) is 64.4 Å². The molecule has 1 aromatic carbocycles. The molecular weight excluding hydrogens is 290 g/mol. The molecule has 1 fully saturated rings. The van der Waals surface area contributed by atoms with E-state index in [1.54, 1.807) is 0 Å². The maximum Gasteiger partial charge on any atom is 0.188 e.